The molecule has 0 N–H and O–H groups in total. The van der Waals surface area contributed by atoms with E-state index < -0.39 is 0 Å². The Morgan fingerprint density at radius 3 is 2.59 bits per heavy atom. The Morgan fingerprint density at radius 1 is 1.18 bits per heavy atom. The van der Waals surface area contributed by atoms with Crippen LogP contribution in [0.1, 0.15) is 30.7 Å². The zero-order valence-electron chi connectivity index (χ0n) is 13.2. The highest BCUT2D eigenvalue weighted by Crippen LogP contribution is 2.38. The van der Waals surface area contributed by atoms with E-state index >= 15 is 0 Å². The molecule has 2 aliphatic rings. The number of hydrogen-bond donors (Lipinski definition) is 0. The molecule has 120 valence electrons. The number of amides is 1. The van der Waals surface area contributed by atoms with Crippen molar-refractivity contribution in [3.05, 3.63) is 29.8 Å². The predicted octanol–water partition coefficient (Wildman–Crippen LogP) is 3.47. The Bertz CT molecular complexity index is 500. The summed E-state index contributed by atoms with van der Waals surface area (Å²) >= 11 is 3.63. The Morgan fingerprint density at radius 2 is 1.91 bits per heavy atom. The van der Waals surface area contributed by atoms with Crippen LogP contribution in [0.3, 0.4) is 0 Å². The number of hydrogen-bond acceptors (Lipinski definition) is 4. The molecule has 1 atom stereocenters. The van der Waals surface area contributed by atoms with E-state index in [9.17, 15) is 4.79 Å². The van der Waals surface area contributed by atoms with Crippen molar-refractivity contribution >= 4 is 29.4 Å². The average Bonchev–Trinajstić information content (AvgIpc) is 3.16. The van der Waals surface area contributed by atoms with Crippen LogP contribution in [0, 0.1) is 0 Å². The molecule has 22 heavy (non-hydrogen) atoms. The number of thioether (sulfide) groups is 2. The topological polar surface area (TPSA) is 23.6 Å². The minimum atomic E-state index is 0.204. The van der Waals surface area contributed by atoms with Crippen molar-refractivity contribution in [1.82, 2.24) is 9.80 Å². The molecule has 0 spiro atoms. The number of nitrogens with zero attached hydrogens (tertiary/aromatic N) is 2. The zero-order chi connectivity index (χ0) is 15.4. The molecule has 3 rings (SSSR count). The van der Waals surface area contributed by atoms with Gasteiger partial charge in [0.2, 0.25) is 5.91 Å². The van der Waals surface area contributed by atoms with E-state index in [0.717, 1.165) is 18.8 Å². The normalized spacial score (nSPS) is 22.7. The first-order chi connectivity index (χ1) is 10.8. The first-order valence-electron chi connectivity index (χ1n) is 8.14. The summed E-state index contributed by atoms with van der Waals surface area (Å²) < 4.78 is 0. The highest BCUT2D eigenvalue weighted by molar-refractivity contribution is 8.00. The van der Waals surface area contributed by atoms with Gasteiger partial charge in [0, 0.05) is 18.0 Å². The van der Waals surface area contributed by atoms with E-state index in [-0.39, 0.29) is 5.37 Å². The minimum Gasteiger partial charge on any atom is -0.325 e. The maximum absolute atomic E-state index is 12.2. The number of rotatable bonds is 6. The van der Waals surface area contributed by atoms with Crippen LogP contribution >= 0.6 is 23.5 Å². The number of carbonyl (C=O) groups is 1. The molecule has 2 heterocycles. The molecule has 2 saturated heterocycles. The molecule has 1 unspecified atom stereocenters. The second-order valence-electron chi connectivity index (χ2n) is 5.80. The van der Waals surface area contributed by atoms with E-state index in [0.29, 0.717) is 11.7 Å². The zero-order valence-corrected chi connectivity index (χ0v) is 14.8. The standard InChI is InChI=1S/C17H24N2OS2/c1-2-21-15-7-5-14(6-8-15)17-19(16(20)13-22-17)12-11-18-9-3-4-10-18/h5-8,17H,2-4,9-13H2,1H3. The monoisotopic (exact) mass is 336 g/mol. The first kappa shape index (κ1) is 16.2. The fraction of sp³-hybridized carbons (Fsp3) is 0.588. The molecule has 0 radical (unpaired) electrons. The van der Waals surface area contributed by atoms with Crippen LogP contribution in [0.25, 0.3) is 0 Å². The van der Waals surface area contributed by atoms with E-state index in [4.69, 9.17) is 0 Å². The van der Waals surface area contributed by atoms with Crippen LogP contribution in [-0.2, 0) is 4.79 Å². The molecular formula is C17H24N2OS2. The fourth-order valence-corrected chi connectivity index (χ4v) is 5.00. The van der Waals surface area contributed by atoms with Gasteiger partial charge in [-0.15, -0.1) is 23.5 Å². The molecule has 0 aliphatic carbocycles. The maximum atomic E-state index is 12.2. The van der Waals surface area contributed by atoms with E-state index in [1.54, 1.807) is 11.8 Å². The summed E-state index contributed by atoms with van der Waals surface area (Å²) in [6.07, 6.45) is 2.62. The van der Waals surface area contributed by atoms with Crippen LogP contribution in [-0.4, -0.2) is 53.4 Å². The van der Waals surface area contributed by atoms with E-state index in [1.807, 2.05) is 11.8 Å². The Balaban J connectivity index is 1.64. The second-order valence-corrected chi connectivity index (χ2v) is 8.21. The summed E-state index contributed by atoms with van der Waals surface area (Å²) in [5, 5.41) is 0.204. The molecule has 1 aromatic carbocycles. The Kier molecular flexibility index (Phi) is 5.71. The van der Waals surface area contributed by atoms with Gasteiger partial charge >= 0.3 is 0 Å². The molecule has 2 fully saturated rings. The molecule has 0 aromatic heterocycles. The largest absolute Gasteiger partial charge is 0.325 e. The van der Waals surface area contributed by atoms with Crippen molar-refractivity contribution in [3.8, 4) is 0 Å². The quantitative estimate of drug-likeness (QED) is 0.742. The Hall–Kier alpha value is -0.650. The first-order valence-corrected chi connectivity index (χ1v) is 10.2. The van der Waals surface area contributed by atoms with Crippen LogP contribution in [0.4, 0.5) is 0 Å². The highest BCUT2D eigenvalue weighted by atomic mass is 32.2. The van der Waals surface area contributed by atoms with Crippen molar-refractivity contribution in [2.24, 2.45) is 0 Å². The SMILES string of the molecule is CCSc1ccc(C2SCC(=O)N2CCN2CCCC2)cc1. The average molecular weight is 337 g/mol. The molecule has 1 aromatic rings. The van der Waals surface area contributed by atoms with Crippen LogP contribution in [0.15, 0.2) is 29.2 Å². The van der Waals surface area contributed by atoms with Gasteiger partial charge in [-0.05, 0) is 49.4 Å². The van der Waals surface area contributed by atoms with Crippen LogP contribution < -0.4 is 0 Å². The maximum Gasteiger partial charge on any atom is 0.233 e. The lowest BCUT2D eigenvalue weighted by Gasteiger charge is -2.26. The fourth-order valence-electron chi connectivity index (χ4n) is 3.12. The lowest BCUT2D eigenvalue weighted by Crippen LogP contribution is -2.36. The van der Waals surface area contributed by atoms with Gasteiger partial charge in [0.1, 0.15) is 5.37 Å². The summed E-state index contributed by atoms with van der Waals surface area (Å²) in [6, 6.07) is 8.76. The summed E-state index contributed by atoms with van der Waals surface area (Å²) in [7, 11) is 0. The second kappa shape index (κ2) is 7.75. The van der Waals surface area contributed by atoms with Crippen molar-refractivity contribution in [1.29, 1.82) is 0 Å². The van der Waals surface area contributed by atoms with Gasteiger partial charge in [0.25, 0.3) is 0 Å². The molecule has 2 aliphatic heterocycles. The number of carbonyl (C=O) groups excluding carboxylic acids is 1. The minimum absolute atomic E-state index is 0.204. The Labute approximate surface area is 141 Å². The summed E-state index contributed by atoms with van der Waals surface area (Å²) in [4.78, 5) is 18.1. The van der Waals surface area contributed by atoms with Gasteiger partial charge in [-0.2, -0.15) is 0 Å². The van der Waals surface area contributed by atoms with Gasteiger partial charge in [0.15, 0.2) is 0 Å². The lowest BCUT2D eigenvalue weighted by atomic mass is 10.2. The molecule has 0 saturated carbocycles. The molecule has 0 bridgehead atoms. The van der Waals surface area contributed by atoms with E-state index in [1.165, 1.54) is 36.4 Å². The predicted molar refractivity (Wildman–Crippen MR) is 95.4 cm³/mol. The third-order valence-electron chi connectivity index (χ3n) is 4.30. The summed E-state index contributed by atoms with van der Waals surface area (Å²) in [5.74, 6) is 2.01. The smallest absolute Gasteiger partial charge is 0.233 e. The molecule has 5 heteroatoms. The van der Waals surface area contributed by atoms with Gasteiger partial charge in [-0.25, -0.2) is 0 Å². The third-order valence-corrected chi connectivity index (χ3v) is 6.45. The highest BCUT2D eigenvalue weighted by Gasteiger charge is 2.32. The lowest BCUT2D eigenvalue weighted by molar-refractivity contribution is -0.128. The van der Waals surface area contributed by atoms with Gasteiger partial charge in [0.05, 0.1) is 5.75 Å². The van der Waals surface area contributed by atoms with Gasteiger partial charge < -0.3 is 9.80 Å². The van der Waals surface area contributed by atoms with Gasteiger partial charge in [-0.1, -0.05) is 19.1 Å². The molecular weight excluding hydrogens is 312 g/mol. The van der Waals surface area contributed by atoms with E-state index in [2.05, 4.69) is 41.0 Å². The van der Waals surface area contributed by atoms with Gasteiger partial charge in [-0.3, -0.25) is 4.79 Å². The van der Waals surface area contributed by atoms with Crippen LogP contribution in [0.5, 0.6) is 0 Å². The van der Waals surface area contributed by atoms with Crippen molar-refractivity contribution in [3.63, 3.8) is 0 Å². The third kappa shape index (κ3) is 3.81. The van der Waals surface area contributed by atoms with Crippen molar-refractivity contribution < 1.29 is 4.79 Å². The van der Waals surface area contributed by atoms with Crippen molar-refractivity contribution in [2.75, 3.05) is 37.7 Å². The summed E-state index contributed by atoms with van der Waals surface area (Å²) in [6.45, 7) is 6.45. The number of likely N-dealkylation sites (tertiary alicyclic amines) is 1. The van der Waals surface area contributed by atoms with Crippen molar-refractivity contribution in [2.45, 2.75) is 30.0 Å². The molecule has 1 amide bonds. The molecule has 3 nitrogen and oxygen atoms in total. The van der Waals surface area contributed by atoms with Crippen LogP contribution in [0.2, 0.25) is 0 Å². The number of benzene rings is 1. The summed E-state index contributed by atoms with van der Waals surface area (Å²) in [5.41, 5.74) is 1.26.